The Hall–Kier alpha value is -6.41. The molecule has 8 heterocycles. The highest BCUT2D eigenvalue weighted by molar-refractivity contribution is 6.06. The molecule has 8 aliphatic rings. The number of terminal acetylenes is 1. The second-order valence-corrected chi connectivity index (χ2v) is 21.1. The van der Waals surface area contributed by atoms with Crippen LogP contribution >= 0.6 is 0 Å². The topological polar surface area (TPSA) is 160 Å². The van der Waals surface area contributed by atoms with Crippen LogP contribution < -0.4 is 25.2 Å². The zero-order chi connectivity index (χ0) is 46.7. The van der Waals surface area contributed by atoms with Crippen molar-refractivity contribution in [3.8, 4) is 35.4 Å². The lowest BCUT2D eigenvalue weighted by Crippen LogP contribution is -2.52. The number of nitrogens with zero attached hydrogens (tertiary/aromatic N) is 8. The van der Waals surface area contributed by atoms with E-state index in [4.69, 9.17) is 21.1 Å². The van der Waals surface area contributed by atoms with E-state index in [0.29, 0.717) is 82.2 Å². The van der Waals surface area contributed by atoms with Crippen molar-refractivity contribution in [2.45, 2.75) is 63.2 Å². The van der Waals surface area contributed by atoms with Crippen molar-refractivity contribution in [2.24, 2.45) is 23.2 Å². The lowest BCUT2D eigenvalue weighted by atomic mass is 9.96. The van der Waals surface area contributed by atoms with Crippen LogP contribution in [-0.2, 0) is 16.1 Å². The van der Waals surface area contributed by atoms with Crippen molar-refractivity contribution in [1.82, 2.24) is 40.3 Å². The van der Waals surface area contributed by atoms with E-state index in [2.05, 4.69) is 47.2 Å². The van der Waals surface area contributed by atoms with Gasteiger partial charge in [-0.15, -0.1) is 6.42 Å². The van der Waals surface area contributed by atoms with Gasteiger partial charge in [-0.2, -0.15) is 9.97 Å². The van der Waals surface area contributed by atoms with Gasteiger partial charge >= 0.3 is 6.01 Å². The molecular formula is C53H55FN10O5. The number of fused-ring (bicyclic) bond motifs is 6. The molecule has 354 valence electrons. The summed E-state index contributed by atoms with van der Waals surface area (Å²) in [5, 5.41) is 18.7. The van der Waals surface area contributed by atoms with Gasteiger partial charge in [0.2, 0.25) is 11.8 Å². The first-order valence-corrected chi connectivity index (χ1v) is 24.8. The summed E-state index contributed by atoms with van der Waals surface area (Å²) in [6.07, 6.45) is 12.5. The summed E-state index contributed by atoms with van der Waals surface area (Å²) < 4.78 is 23.7. The van der Waals surface area contributed by atoms with Crippen LogP contribution in [0.25, 0.3) is 32.9 Å². The van der Waals surface area contributed by atoms with Crippen LogP contribution in [0.4, 0.5) is 15.9 Å². The van der Waals surface area contributed by atoms with Gasteiger partial charge in [-0.3, -0.25) is 29.6 Å². The van der Waals surface area contributed by atoms with Gasteiger partial charge in [0.1, 0.15) is 28.8 Å². The molecule has 3 amide bonds. The number of carbonyl (C=O) groups is 3. The molecule has 2 aliphatic carbocycles. The number of carbonyl (C=O) groups excluding carboxylic acids is 3. The maximum atomic E-state index is 17.1. The molecule has 16 heteroatoms. The fourth-order valence-electron chi connectivity index (χ4n) is 12.8. The minimum absolute atomic E-state index is 0.00937. The highest BCUT2D eigenvalue weighted by Crippen LogP contribution is 2.55. The zero-order valence-electron chi connectivity index (χ0n) is 38.5. The summed E-state index contributed by atoms with van der Waals surface area (Å²) in [6, 6.07) is 14.9. The van der Waals surface area contributed by atoms with E-state index in [0.717, 1.165) is 108 Å². The van der Waals surface area contributed by atoms with E-state index < -0.39 is 11.9 Å². The summed E-state index contributed by atoms with van der Waals surface area (Å²) in [6.45, 7) is 10.5. The average Bonchev–Trinajstić information content (AvgIpc) is 4.08. The number of pyridine rings is 1. The highest BCUT2D eigenvalue weighted by Gasteiger charge is 2.57. The summed E-state index contributed by atoms with van der Waals surface area (Å²) in [5.41, 5.74) is 3.90. The number of phenols is 1. The van der Waals surface area contributed by atoms with Crippen LogP contribution in [0, 0.1) is 41.3 Å². The molecule has 0 radical (unpaired) electrons. The van der Waals surface area contributed by atoms with E-state index in [-0.39, 0.29) is 52.5 Å². The molecule has 6 aliphatic heterocycles. The molecule has 0 spiro atoms. The minimum atomic E-state index is -0.608. The number of piperidine rings is 2. The Labute approximate surface area is 399 Å². The Morgan fingerprint density at radius 2 is 1.70 bits per heavy atom. The molecule has 3 N–H and O–H groups in total. The third-order valence-corrected chi connectivity index (χ3v) is 16.7. The van der Waals surface area contributed by atoms with Gasteiger partial charge in [0, 0.05) is 130 Å². The van der Waals surface area contributed by atoms with Gasteiger partial charge in [0.05, 0.1) is 12.0 Å². The van der Waals surface area contributed by atoms with Gasteiger partial charge in [-0.25, -0.2) is 4.39 Å². The maximum absolute atomic E-state index is 17.1. The number of hydrogen-bond donors (Lipinski definition) is 3. The predicted molar refractivity (Wildman–Crippen MR) is 257 cm³/mol. The molecule has 15 nitrogen and oxygen atoms in total. The number of anilines is 2. The SMILES string of the molecule is C#Cc1cccc2cc(O)cc(-c3ncc4c(N5C[C@H]6CC[C@H](C5)N6)nc(OCC5(CN6C[C@H]7C(CN8CCN(c9ccc%10c(c9)CN([C@H]9CCC(=O)NC9=O)C%10=O)CC8)[C@@H]7C6)CC5)nc4c3F)c12. The number of imide groups is 1. The monoisotopic (exact) mass is 930 g/mol. The zero-order valence-corrected chi connectivity index (χ0v) is 38.5. The van der Waals surface area contributed by atoms with Gasteiger partial charge in [0.15, 0.2) is 5.82 Å². The molecule has 5 aromatic rings. The second-order valence-electron chi connectivity index (χ2n) is 21.1. The second kappa shape index (κ2) is 16.4. The van der Waals surface area contributed by atoms with E-state index >= 15 is 4.39 Å². The smallest absolute Gasteiger partial charge is 0.319 e. The number of piperazine rings is 2. The van der Waals surface area contributed by atoms with Crippen LogP contribution in [0.5, 0.6) is 11.8 Å². The van der Waals surface area contributed by atoms with E-state index in [1.807, 2.05) is 24.3 Å². The van der Waals surface area contributed by atoms with Crippen molar-refractivity contribution in [1.29, 1.82) is 0 Å². The van der Waals surface area contributed by atoms with E-state index in [1.54, 1.807) is 23.2 Å². The number of nitrogens with one attached hydrogen (secondary N) is 2. The van der Waals surface area contributed by atoms with Crippen LogP contribution in [0.1, 0.15) is 60.0 Å². The number of hydrogen-bond acceptors (Lipinski definition) is 13. The van der Waals surface area contributed by atoms with Gasteiger partial charge in [0.25, 0.3) is 5.91 Å². The molecular weight excluding hydrogens is 876 g/mol. The number of benzene rings is 3. The molecule has 5 atom stereocenters. The number of aromatic nitrogens is 3. The van der Waals surface area contributed by atoms with Crippen molar-refractivity contribution in [3.05, 3.63) is 77.2 Å². The molecule has 69 heavy (non-hydrogen) atoms. The molecule has 7 fully saturated rings. The maximum Gasteiger partial charge on any atom is 0.319 e. The Morgan fingerprint density at radius 3 is 2.45 bits per heavy atom. The first-order chi connectivity index (χ1) is 33.6. The van der Waals surface area contributed by atoms with Crippen LogP contribution in [0.3, 0.4) is 0 Å². The van der Waals surface area contributed by atoms with Crippen LogP contribution in [0.15, 0.2) is 54.7 Å². The van der Waals surface area contributed by atoms with Crippen LogP contribution in [0.2, 0.25) is 0 Å². The number of rotatable bonds is 11. The predicted octanol–water partition coefficient (Wildman–Crippen LogP) is 4.53. The molecule has 5 saturated heterocycles. The van der Waals surface area contributed by atoms with Crippen LogP contribution in [-0.4, -0.2) is 143 Å². The van der Waals surface area contributed by atoms with Crippen molar-refractivity contribution >= 4 is 50.9 Å². The number of phenolic OH excluding ortho intramolecular Hbond substituents is 1. The Balaban J connectivity index is 0.647. The first-order valence-electron chi connectivity index (χ1n) is 24.8. The van der Waals surface area contributed by atoms with E-state index in [1.165, 1.54) is 6.07 Å². The number of halogens is 1. The third-order valence-electron chi connectivity index (χ3n) is 16.7. The largest absolute Gasteiger partial charge is 0.508 e. The third kappa shape index (κ3) is 7.60. The Kier molecular flexibility index (Phi) is 10.1. The summed E-state index contributed by atoms with van der Waals surface area (Å²) in [4.78, 5) is 63.4. The summed E-state index contributed by atoms with van der Waals surface area (Å²) in [5.74, 6) is 4.09. The summed E-state index contributed by atoms with van der Waals surface area (Å²) >= 11 is 0. The standard InChI is InChI=1S/C53H55FN10O5/c1-2-30-4-3-5-31-19-36(65)20-38(45(30)31)47-46(54)48-39(21-55-47)49(63-23-33-6-7-34(24-63)56-33)59-52(58-48)69-29-53(12-13-53)28-61-26-41-40(42(41)27-61)25-60-14-16-62(17-15-60)35-8-9-37-32(18-35)22-64(51(37)68)43-10-11-44(66)57-50(43)67/h1,3-5,8-9,18-21,33-34,40-43,56,65H,6-7,10-17,22-29H2,(H,57,66,67)/t33-,34-,41+,42+,43+/m1/s1. The molecule has 2 saturated carbocycles. The Bertz CT molecular complexity index is 3000. The molecule has 2 bridgehead atoms. The quantitative estimate of drug-likeness (QED) is 0.126. The fourth-order valence-corrected chi connectivity index (χ4v) is 12.8. The van der Waals surface area contributed by atoms with Gasteiger partial charge < -0.3 is 34.8 Å². The molecule has 0 unspecified atom stereocenters. The van der Waals surface area contributed by atoms with Crippen molar-refractivity contribution in [2.75, 3.05) is 81.9 Å². The van der Waals surface area contributed by atoms with E-state index in [9.17, 15) is 19.5 Å². The normalized spacial score (nSPS) is 27.2. The van der Waals surface area contributed by atoms with Gasteiger partial charge in [-0.1, -0.05) is 18.1 Å². The fraction of sp³-hybridized carbons (Fsp3) is 0.472. The average molecular weight is 931 g/mol. The minimum Gasteiger partial charge on any atom is -0.508 e. The number of ether oxygens (including phenoxy) is 1. The lowest BCUT2D eigenvalue weighted by molar-refractivity contribution is -0.136. The lowest BCUT2D eigenvalue weighted by Gasteiger charge is -2.37. The number of amides is 3. The number of likely N-dealkylation sites (tertiary alicyclic amines) is 1. The molecule has 3 aromatic carbocycles. The first kappa shape index (κ1) is 42.7. The molecule has 13 rings (SSSR count). The molecule has 2 aromatic heterocycles. The van der Waals surface area contributed by atoms with Crippen molar-refractivity contribution < 1.29 is 28.6 Å². The highest BCUT2D eigenvalue weighted by atomic mass is 19.1. The summed E-state index contributed by atoms with van der Waals surface area (Å²) in [7, 11) is 0. The Morgan fingerprint density at radius 1 is 0.899 bits per heavy atom. The van der Waals surface area contributed by atoms with Crippen molar-refractivity contribution in [3.63, 3.8) is 0 Å². The number of aromatic hydroxyl groups is 1. The van der Waals surface area contributed by atoms with Gasteiger partial charge in [-0.05, 0) is 97.2 Å².